The molecule has 8 heteroatoms. The number of hydrogen-bond acceptors (Lipinski definition) is 4. The van der Waals surface area contributed by atoms with Crippen molar-refractivity contribution >= 4 is 21.8 Å². The van der Waals surface area contributed by atoms with Crippen LogP contribution < -0.4 is 10.0 Å². The Morgan fingerprint density at radius 3 is 2.57 bits per heavy atom. The summed E-state index contributed by atoms with van der Waals surface area (Å²) >= 11 is 1.49. The lowest BCUT2D eigenvalue weighted by Crippen LogP contribution is -2.30. The molecule has 0 amide bonds. The van der Waals surface area contributed by atoms with E-state index in [0.717, 1.165) is 12.1 Å². The van der Waals surface area contributed by atoms with Crippen molar-refractivity contribution < 1.29 is 17.2 Å². The van der Waals surface area contributed by atoms with Gasteiger partial charge in [0.1, 0.15) is 10.7 Å². The van der Waals surface area contributed by atoms with Crippen LogP contribution in [0.5, 0.6) is 0 Å². The SMILES string of the molecule is CCNCc1c(F)ccc(S(=O)(=O)NCC(C)SC)c1F. The van der Waals surface area contributed by atoms with Gasteiger partial charge in [0.15, 0.2) is 5.82 Å². The van der Waals surface area contributed by atoms with Crippen molar-refractivity contribution in [3.8, 4) is 0 Å². The predicted octanol–water partition coefficient (Wildman–Crippen LogP) is 2.10. The molecule has 0 radical (unpaired) electrons. The third-order valence-electron chi connectivity index (χ3n) is 2.96. The molecular formula is C13H20F2N2O2S2. The zero-order valence-corrected chi connectivity index (χ0v) is 13.9. The molecule has 1 aromatic carbocycles. The summed E-state index contributed by atoms with van der Waals surface area (Å²) in [6.07, 6.45) is 1.85. The minimum atomic E-state index is -3.99. The van der Waals surface area contributed by atoms with Crippen molar-refractivity contribution in [1.82, 2.24) is 10.0 Å². The maximum atomic E-state index is 14.3. The standard InChI is InChI=1S/C13H20F2N2O2S2/c1-4-16-8-10-11(14)5-6-12(13(10)15)21(18,19)17-7-9(2)20-3/h5-6,9,16-17H,4,7-8H2,1-3H3. The summed E-state index contributed by atoms with van der Waals surface area (Å²) in [5.74, 6) is -1.80. The first-order valence-electron chi connectivity index (χ1n) is 6.53. The Morgan fingerprint density at radius 1 is 1.33 bits per heavy atom. The first-order chi connectivity index (χ1) is 9.83. The van der Waals surface area contributed by atoms with E-state index in [1.54, 1.807) is 6.92 Å². The van der Waals surface area contributed by atoms with Crippen LogP contribution in [0.1, 0.15) is 19.4 Å². The molecule has 0 heterocycles. The second kappa shape index (κ2) is 8.07. The molecule has 4 nitrogen and oxygen atoms in total. The third-order valence-corrected chi connectivity index (χ3v) is 5.37. The van der Waals surface area contributed by atoms with E-state index in [9.17, 15) is 17.2 Å². The zero-order chi connectivity index (χ0) is 16.0. The maximum absolute atomic E-state index is 14.3. The molecule has 0 bridgehead atoms. The molecule has 0 saturated carbocycles. The van der Waals surface area contributed by atoms with E-state index in [4.69, 9.17) is 0 Å². The first-order valence-corrected chi connectivity index (χ1v) is 9.30. The van der Waals surface area contributed by atoms with Gasteiger partial charge in [-0.3, -0.25) is 0 Å². The maximum Gasteiger partial charge on any atom is 0.243 e. The summed E-state index contributed by atoms with van der Waals surface area (Å²) in [7, 11) is -3.99. The molecule has 1 rings (SSSR count). The minimum Gasteiger partial charge on any atom is -0.313 e. The average molecular weight is 338 g/mol. The third kappa shape index (κ3) is 4.91. The van der Waals surface area contributed by atoms with Gasteiger partial charge in [-0.05, 0) is 24.9 Å². The summed E-state index contributed by atoms with van der Waals surface area (Å²) in [6, 6.07) is 1.93. The fourth-order valence-electron chi connectivity index (χ4n) is 1.58. The van der Waals surface area contributed by atoms with Gasteiger partial charge in [-0.1, -0.05) is 13.8 Å². The van der Waals surface area contributed by atoms with Crippen LogP contribution in [0.3, 0.4) is 0 Å². The number of halogens is 2. The summed E-state index contributed by atoms with van der Waals surface area (Å²) in [4.78, 5) is -0.523. The average Bonchev–Trinajstić information content (AvgIpc) is 2.44. The second-order valence-electron chi connectivity index (χ2n) is 4.52. The van der Waals surface area contributed by atoms with Crippen LogP contribution in [0.25, 0.3) is 0 Å². The fourth-order valence-corrected chi connectivity index (χ4v) is 3.17. The van der Waals surface area contributed by atoms with Crippen LogP contribution in [0.15, 0.2) is 17.0 Å². The Hall–Kier alpha value is -0.700. The van der Waals surface area contributed by atoms with E-state index < -0.39 is 26.6 Å². The molecular weight excluding hydrogens is 318 g/mol. The van der Waals surface area contributed by atoms with E-state index in [1.165, 1.54) is 11.8 Å². The van der Waals surface area contributed by atoms with Crippen LogP contribution in [0.2, 0.25) is 0 Å². The van der Waals surface area contributed by atoms with Gasteiger partial charge in [0.05, 0.1) is 0 Å². The van der Waals surface area contributed by atoms with Gasteiger partial charge in [-0.2, -0.15) is 11.8 Å². The highest BCUT2D eigenvalue weighted by atomic mass is 32.2. The summed E-state index contributed by atoms with van der Waals surface area (Å²) in [6.45, 7) is 4.30. The highest BCUT2D eigenvalue weighted by molar-refractivity contribution is 7.99. The Kier molecular flexibility index (Phi) is 7.05. The lowest BCUT2D eigenvalue weighted by molar-refractivity contribution is 0.514. The van der Waals surface area contributed by atoms with E-state index in [2.05, 4.69) is 10.0 Å². The molecule has 0 aliphatic rings. The Bertz CT molecular complexity index is 580. The highest BCUT2D eigenvalue weighted by Gasteiger charge is 2.23. The molecule has 0 aliphatic carbocycles. The molecule has 120 valence electrons. The van der Waals surface area contributed by atoms with Crippen LogP contribution in [0, 0.1) is 11.6 Å². The van der Waals surface area contributed by atoms with Crippen molar-refractivity contribution in [2.75, 3.05) is 19.3 Å². The topological polar surface area (TPSA) is 58.2 Å². The minimum absolute atomic E-state index is 0.0568. The summed E-state index contributed by atoms with van der Waals surface area (Å²) in [5, 5.41) is 2.85. The molecule has 0 aliphatic heterocycles. The van der Waals surface area contributed by atoms with Crippen LogP contribution in [-0.4, -0.2) is 33.0 Å². The molecule has 1 unspecified atom stereocenters. The smallest absolute Gasteiger partial charge is 0.243 e. The van der Waals surface area contributed by atoms with Gasteiger partial charge in [-0.15, -0.1) is 0 Å². The molecule has 2 N–H and O–H groups in total. The van der Waals surface area contributed by atoms with E-state index in [0.29, 0.717) is 6.54 Å². The van der Waals surface area contributed by atoms with Crippen LogP contribution in [0.4, 0.5) is 8.78 Å². The number of benzene rings is 1. The Morgan fingerprint density at radius 2 is 2.00 bits per heavy atom. The molecule has 0 spiro atoms. The zero-order valence-electron chi connectivity index (χ0n) is 12.2. The van der Waals surface area contributed by atoms with Crippen LogP contribution in [-0.2, 0) is 16.6 Å². The number of nitrogens with one attached hydrogen (secondary N) is 2. The van der Waals surface area contributed by atoms with Crippen molar-refractivity contribution in [3.05, 3.63) is 29.3 Å². The molecule has 21 heavy (non-hydrogen) atoms. The summed E-state index contributed by atoms with van der Waals surface area (Å²) in [5.41, 5.74) is -0.266. The normalized spacial score (nSPS) is 13.4. The van der Waals surface area contributed by atoms with Gasteiger partial charge >= 0.3 is 0 Å². The Labute approximate surface area is 128 Å². The number of hydrogen-bond donors (Lipinski definition) is 2. The molecule has 1 aromatic rings. The first kappa shape index (κ1) is 18.3. The van der Waals surface area contributed by atoms with E-state index in [-0.39, 0.29) is 23.9 Å². The second-order valence-corrected chi connectivity index (χ2v) is 7.53. The van der Waals surface area contributed by atoms with Gasteiger partial charge in [0.2, 0.25) is 10.0 Å². The quantitative estimate of drug-likeness (QED) is 0.762. The van der Waals surface area contributed by atoms with Crippen molar-refractivity contribution in [3.63, 3.8) is 0 Å². The number of rotatable bonds is 8. The highest BCUT2D eigenvalue weighted by Crippen LogP contribution is 2.21. The van der Waals surface area contributed by atoms with Crippen molar-refractivity contribution in [1.29, 1.82) is 0 Å². The van der Waals surface area contributed by atoms with Gasteiger partial charge in [0, 0.05) is 23.9 Å². The predicted molar refractivity (Wildman–Crippen MR) is 81.9 cm³/mol. The van der Waals surface area contributed by atoms with Gasteiger partial charge in [0.25, 0.3) is 0 Å². The largest absolute Gasteiger partial charge is 0.313 e. The molecule has 0 fully saturated rings. The molecule has 0 saturated heterocycles. The van der Waals surface area contributed by atoms with E-state index >= 15 is 0 Å². The fraction of sp³-hybridized carbons (Fsp3) is 0.538. The molecule has 0 aromatic heterocycles. The molecule has 1 atom stereocenters. The van der Waals surface area contributed by atoms with E-state index in [1.807, 2.05) is 13.2 Å². The van der Waals surface area contributed by atoms with Crippen molar-refractivity contribution in [2.45, 2.75) is 30.5 Å². The number of thioether (sulfide) groups is 1. The summed E-state index contributed by atoms with van der Waals surface area (Å²) < 4.78 is 54.4. The lowest BCUT2D eigenvalue weighted by atomic mass is 10.2. The number of sulfonamides is 1. The Balaban J connectivity index is 3.07. The van der Waals surface area contributed by atoms with Gasteiger partial charge in [-0.25, -0.2) is 21.9 Å². The van der Waals surface area contributed by atoms with Crippen LogP contribution >= 0.6 is 11.8 Å². The lowest BCUT2D eigenvalue weighted by Gasteiger charge is -2.13. The van der Waals surface area contributed by atoms with Crippen molar-refractivity contribution in [2.24, 2.45) is 0 Å². The monoisotopic (exact) mass is 338 g/mol. The van der Waals surface area contributed by atoms with Gasteiger partial charge < -0.3 is 5.32 Å².